The third kappa shape index (κ3) is 5.20. The molecule has 1 nitrogen and oxygen atoms in total. The highest BCUT2D eigenvalue weighted by Crippen LogP contribution is 2.28. The number of hydrogen-bond acceptors (Lipinski definition) is 2. The van der Waals surface area contributed by atoms with Crippen molar-refractivity contribution in [3.05, 3.63) is 59.1 Å². The second-order valence-electron chi connectivity index (χ2n) is 5.11. The fourth-order valence-corrected chi connectivity index (χ4v) is 2.90. The summed E-state index contributed by atoms with van der Waals surface area (Å²) in [6, 6.07) is 16.8. The molecule has 20 heavy (non-hydrogen) atoms. The minimum Gasteiger partial charge on any atom is -0.309 e. The van der Waals surface area contributed by atoms with Crippen molar-refractivity contribution in [2.24, 2.45) is 0 Å². The topological polar surface area (TPSA) is 3.24 Å². The van der Waals surface area contributed by atoms with Gasteiger partial charge in [-0.05, 0) is 75.4 Å². The van der Waals surface area contributed by atoms with E-state index in [1.165, 1.54) is 21.8 Å². The average molecular weight is 306 g/mol. The van der Waals surface area contributed by atoms with Crippen LogP contribution in [0.3, 0.4) is 0 Å². The van der Waals surface area contributed by atoms with E-state index < -0.39 is 0 Å². The highest BCUT2D eigenvalue weighted by atomic mass is 35.5. The molecule has 0 aliphatic heterocycles. The molecule has 2 rings (SSSR count). The summed E-state index contributed by atoms with van der Waals surface area (Å²) < 4.78 is 0. The Balaban J connectivity index is 1.89. The zero-order valence-electron chi connectivity index (χ0n) is 12.0. The first-order valence-corrected chi connectivity index (χ1v) is 8.00. The van der Waals surface area contributed by atoms with Crippen LogP contribution in [0.15, 0.2) is 58.3 Å². The predicted molar refractivity (Wildman–Crippen MR) is 88.9 cm³/mol. The van der Waals surface area contributed by atoms with Crippen molar-refractivity contribution in [3.8, 4) is 0 Å². The fraction of sp³-hybridized carbons (Fsp3) is 0.294. The van der Waals surface area contributed by atoms with Gasteiger partial charge in [-0.3, -0.25) is 0 Å². The van der Waals surface area contributed by atoms with Crippen LogP contribution >= 0.6 is 23.4 Å². The standard InChI is InChI=1S/C17H20ClNS/c1-19(2)13-3-4-14-5-9-16(10-6-14)20-17-11-7-15(18)8-12-17/h5-12H,3-4,13H2,1-2H3. The minimum atomic E-state index is 0.783. The maximum atomic E-state index is 5.89. The summed E-state index contributed by atoms with van der Waals surface area (Å²) in [4.78, 5) is 4.71. The Labute approximate surface area is 130 Å². The Bertz CT molecular complexity index is 520. The third-order valence-electron chi connectivity index (χ3n) is 3.04. The number of aryl methyl sites for hydroxylation is 1. The van der Waals surface area contributed by atoms with Crippen LogP contribution < -0.4 is 0 Å². The number of benzene rings is 2. The molecule has 106 valence electrons. The number of nitrogens with zero attached hydrogens (tertiary/aromatic N) is 1. The van der Waals surface area contributed by atoms with Crippen molar-refractivity contribution in [3.63, 3.8) is 0 Å². The molecule has 0 aromatic heterocycles. The molecule has 0 saturated heterocycles. The van der Waals surface area contributed by atoms with Crippen LogP contribution in [0.25, 0.3) is 0 Å². The van der Waals surface area contributed by atoms with Crippen molar-refractivity contribution < 1.29 is 0 Å². The van der Waals surface area contributed by atoms with Crippen LogP contribution in [0.1, 0.15) is 12.0 Å². The van der Waals surface area contributed by atoms with E-state index in [9.17, 15) is 0 Å². The van der Waals surface area contributed by atoms with Crippen molar-refractivity contribution in [2.45, 2.75) is 22.6 Å². The monoisotopic (exact) mass is 305 g/mol. The highest BCUT2D eigenvalue weighted by Gasteiger charge is 1.99. The van der Waals surface area contributed by atoms with E-state index in [0.717, 1.165) is 18.0 Å². The maximum absolute atomic E-state index is 5.89. The first kappa shape index (κ1) is 15.4. The van der Waals surface area contributed by atoms with Crippen molar-refractivity contribution in [2.75, 3.05) is 20.6 Å². The summed E-state index contributed by atoms with van der Waals surface area (Å²) in [6.45, 7) is 1.14. The fourth-order valence-electron chi connectivity index (χ4n) is 1.96. The van der Waals surface area contributed by atoms with Gasteiger partial charge in [-0.25, -0.2) is 0 Å². The van der Waals surface area contributed by atoms with Gasteiger partial charge < -0.3 is 4.90 Å². The van der Waals surface area contributed by atoms with E-state index >= 15 is 0 Å². The van der Waals surface area contributed by atoms with Crippen LogP contribution in [0.5, 0.6) is 0 Å². The molecule has 2 aromatic rings. The molecule has 0 unspecified atom stereocenters. The van der Waals surface area contributed by atoms with Crippen molar-refractivity contribution in [1.29, 1.82) is 0 Å². The van der Waals surface area contributed by atoms with E-state index in [2.05, 4.69) is 55.4 Å². The lowest BCUT2D eigenvalue weighted by molar-refractivity contribution is 0.400. The second-order valence-corrected chi connectivity index (χ2v) is 6.69. The molecule has 0 bridgehead atoms. The zero-order chi connectivity index (χ0) is 14.4. The van der Waals surface area contributed by atoms with Gasteiger partial charge in [0.05, 0.1) is 0 Å². The Morgan fingerprint density at radius 2 is 1.45 bits per heavy atom. The molecule has 3 heteroatoms. The van der Waals surface area contributed by atoms with E-state index in [0.29, 0.717) is 0 Å². The number of rotatable bonds is 6. The molecular formula is C17H20ClNS. The highest BCUT2D eigenvalue weighted by molar-refractivity contribution is 7.99. The third-order valence-corrected chi connectivity index (χ3v) is 4.31. The summed E-state index contributed by atoms with van der Waals surface area (Å²) in [5, 5.41) is 0.783. The molecule has 0 radical (unpaired) electrons. The van der Waals surface area contributed by atoms with E-state index in [4.69, 9.17) is 11.6 Å². The minimum absolute atomic E-state index is 0.783. The van der Waals surface area contributed by atoms with Gasteiger partial charge in [0.25, 0.3) is 0 Å². The summed E-state index contributed by atoms with van der Waals surface area (Å²) in [7, 11) is 4.23. The van der Waals surface area contributed by atoms with Gasteiger partial charge in [0.2, 0.25) is 0 Å². The van der Waals surface area contributed by atoms with Gasteiger partial charge in [-0.1, -0.05) is 35.5 Å². The van der Waals surface area contributed by atoms with Crippen molar-refractivity contribution in [1.82, 2.24) is 4.90 Å². The molecule has 0 saturated carbocycles. The Morgan fingerprint density at radius 1 is 0.900 bits per heavy atom. The molecular weight excluding hydrogens is 286 g/mol. The first-order valence-electron chi connectivity index (χ1n) is 6.80. The summed E-state index contributed by atoms with van der Waals surface area (Å²) >= 11 is 7.66. The Hall–Kier alpha value is -0.960. The molecule has 2 aromatic carbocycles. The summed E-state index contributed by atoms with van der Waals surface area (Å²) in [5.74, 6) is 0. The number of hydrogen-bond donors (Lipinski definition) is 0. The average Bonchev–Trinajstić information content (AvgIpc) is 2.43. The quantitative estimate of drug-likeness (QED) is 0.740. The van der Waals surface area contributed by atoms with Gasteiger partial charge in [0.15, 0.2) is 0 Å². The van der Waals surface area contributed by atoms with E-state index in [1.54, 1.807) is 11.8 Å². The van der Waals surface area contributed by atoms with Crippen LogP contribution in [-0.4, -0.2) is 25.5 Å². The van der Waals surface area contributed by atoms with Gasteiger partial charge in [0, 0.05) is 14.8 Å². The molecule has 0 N–H and O–H groups in total. The van der Waals surface area contributed by atoms with Gasteiger partial charge in [-0.2, -0.15) is 0 Å². The Kier molecular flexibility index (Phi) is 5.96. The van der Waals surface area contributed by atoms with Crippen LogP contribution in [0, 0.1) is 0 Å². The van der Waals surface area contributed by atoms with Crippen molar-refractivity contribution >= 4 is 23.4 Å². The summed E-state index contributed by atoms with van der Waals surface area (Å²) in [5.41, 5.74) is 1.41. The molecule has 0 aliphatic carbocycles. The largest absolute Gasteiger partial charge is 0.309 e. The van der Waals surface area contributed by atoms with Gasteiger partial charge in [-0.15, -0.1) is 0 Å². The lowest BCUT2D eigenvalue weighted by Gasteiger charge is -2.09. The SMILES string of the molecule is CN(C)CCCc1ccc(Sc2ccc(Cl)cc2)cc1. The molecule has 0 atom stereocenters. The van der Waals surface area contributed by atoms with E-state index in [-0.39, 0.29) is 0 Å². The van der Waals surface area contributed by atoms with Gasteiger partial charge in [0.1, 0.15) is 0 Å². The molecule has 0 heterocycles. The molecule has 0 fully saturated rings. The summed E-state index contributed by atoms with van der Waals surface area (Å²) in [6.07, 6.45) is 2.35. The lowest BCUT2D eigenvalue weighted by atomic mass is 10.1. The molecule has 0 aliphatic rings. The van der Waals surface area contributed by atoms with Crippen LogP contribution in [0.2, 0.25) is 5.02 Å². The van der Waals surface area contributed by atoms with Gasteiger partial charge >= 0.3 is 0 Å². The predicted octanol–water partition coefficient (Wildman–Crippen LogP) is 4.99. The molecule has 0 spiro atoms. The van der Waals surface area contributed by atoms with Crippen LogP contribution in [0.4, 0.5) is 0 Å². The molecule has 0 amide bonds. The second kappa shape index (κ2) is 7.72. The maximum Gasteiger partial charge on any atom is 0.0406 e. The normalized spacial score (nSPS) is 11.0. The first-order chi connectivity index (χ1) is 9.63. The number of halogens is 1. The smallest absolute Gasteiger partial charge is 0.0406 e. The van der Waals surface area contributed by atoms with Crippen LogP contribution in [-0.2, 0) is 6.42 Å². The van der Waals surface area contributed by atoms with E-state index in [1.807, 2.05) is 12.1 Å². The Morgan fingerprint density at radius 3 is 2.00 bits per heavy atom. The lowest BCUT2D eigenvalue weighted by Crippen LogP contribution is -2.13. The zero-order valence-corrected chi connectivity index (χ0v) is 13.5.